The smallest absolute Gasteiger partial charge is 0.225 e. The molecule has 1 N–H and O–H groups in total. The van der Waals surface area contributed by atoms with Crippen molar-refractivity contribution in [2.45, 2.75) is 33.1 Å². The van der Waals surface area contributed by atoms with Gasteiger partial charge in [-0.15, -0.1) is 0 Å². The molecule has 0 atom stereocenters. The third-order valence-electron chi connectivity index (χ3n) is 3.03. The molecule has 0 saturated heterocycles. The van der Waals surface area contributed by atoms with Crippen LogP contribution in [0.25, 0.3) is 0 Å². The number of benzene rings is 1. The Hall–Kier alpha value is -2.02. The number of carbonyl (C=O) groups excluding carboxylic acids is 1. The molecule has 4 nitrogen and oxygen atoms in total. The number of nitrogens with zero attached hydrogens (tertiary/aromatic N) is 1. The fourth-order valence-corrected chi connectivity index (χ4v) is 1.94. The highest BCUT2D eigenvalue weighted by molar-refractivity contribution is 5.79. The Kier molecular flexibility index (Phi) is 5.37. The molecular formula is C15H20N2O2. The average Bonchev–Trinajstić information content (AvgIpc) is 2.37. The molecule has 0 fully saturated rings. The molecule has 0 saturated carbocycles. The van der Waals surface area contributed by atoms with E-state index in [1.165, 1.54) is 0 Å². The van der Waals surface area contributed by atoms with Crippen molar-refractivity contribution in [1.29, 1.82) is 5.26 Å². The van der Waals surface area contributed by atoms with Crippen molar-refractivity contribution in [3.05, 3.63) is 28.8 Å². The maximum Gasteiger partial charge on any atom is 0.225 e. The quantitative estimate of drug-likeness (QED) is 0.826. The number of ether oxygens (including phenoxy) is 1. The highest BCUT2D eigenvalue weighted by Crippen LogP contribution is 2.29. The van der Waals surface area contributed by atoms with Crippen LogP contribution in [0.4, 0.5) is 0 Å². The highest BCUT2D eigenvalue weighted by atomic mass is 16.5. The lowest BCUT2D eigenvalue weighted by Gasteiger charge is -2.16. The summed E-state index contributed by atoms with van der Waals surface area (Å²) in [7, 11) is 1.65. The molecule has 0 bridgehead atoms. The van der Waals surface area contributed by atoms with E-state index < -0.39 is 0 Å². The minimum absolute atomic E-state index is 0.0467. The zero-order valence-corrected chi connectivity index (χ0v) is 11.9. The van der Waals surface area contributed by atoms with Gasteiger partial charge in [0.25, 0.3) is 0 Å². The standard InChI is InChI=1S/C15H20N2O2/c1-10(2)13-8-12(9-15(18)17-6-5-16)11(3)7-14(13)19-4/h7-8,10H,6,9H2,1-4H3,(H,17,18). The molecule has 1 aromatic rings. The van der Waals surface area contributed by atoms with E-state index in [0.717, 1.165) is 22.4 Å². The summed E-state index contributed by atoms with van der Waals surface area (Å²) in [5.74, 6) is 1.05. The van der Waals surface area contributed by atoms with Gasteiger partial charge in [-0.3, -0.25) is 4.79 Å². The summed E-state index contributed by atoms with van der Waals surface area (Å²) in [5.41, 5.74) is 3.09. The minimum Gasteiger partial charge on any atom is -0.496 e. The van der Waals surface area contributed by atoms with Crippen molar-refractivity contribution in [1.82, 2.24) is 5.32 Å². The van der Waals surface area contributed by atoms with Gasteiger partial charge in [-0.1, -0.05) is 19.9 Å². The molecule has 4 heteroatoms. The summed E-state index contributed by atoms with van der Waals surface area (Å²) < 4.78 is 5.37. The van der Waals surface area contributed by atoms with Crippen LogP contribution in [0.3, 0.4) is 0 Å². The van der Waals surface area contributed by atoms with E-state index in [2.05, 4.69) is 19.2 Å². The van der Waals surface area contributed by atoms with Gasteiger partial charge in [0.15, 0.2) is 0 Å². The molecule has 0 radical (unpaired) electrons. The predicted octanol–water partition coefficient (Wildman–Crippen LogP) is 2.31. The van der Waals surface area contributed by atoms with Crippen molar-refractivity contribution < 1.29 is 9.53 Å². The molecule has 0 heterocycles. The average molecular weight is 260 g/mol. The van der Waals surface area contributed by atoms with Crippen LogP contribution in [-0.2, 0) is 11.2 Å². The number of hydrogen-bond donors (Lipinski definition) is 1. The minimum atomic E-state index is -0.135. The summed E-state index contributed by atoms with van der Waals surface area (Å²) in [6, 6.07) is 5.87. The number of aryl methyl sites for hydroxylation is 1. The summed E-state index contributed by atoms with van der Waals surface area (Å²) in [6.45, 7) is 6.18. The van der Waals surface area contributed by atoms with Crippen molar-refractivity contribution >= 4 is 5.91 Å². The number of carbonyl (C=O) groups is 1. The van der Waals surface area contributed by atoms with Gasteiger partial charge in [-0.2, -0.15) is 5.26 Å². The molecule has 1 amide bonds. The highest BCUT2D eigenvalue weighted by Gasteiger charge is 2.13. The van der Waals surface area contributed by atoms with Gasteiger partial charge < -0.3 is 10.1 Å². The Bertz CT molecular complexity index is 502. The Balaban J connectivity index is 2.99. The summed E-state index contributed by atoms with van der Waals surface area (Å²) in [4.78, 5) is 11.7. The second kappa shape index (κ2) is 6.79. The first kappa shape index (κ1) is 15.0. The summed E-state index contributed by atoms with van der Waals surface area (Å²) in [6.07, 6.45) is 0.289. The molecule has 0 aliphatic rings. The van der Waals surface area contributed by atoms with Crippen LogP contribution in [0.15, 0.2) is 12.1 Å². The molecule has 102 valence electrons. The molecule has 1 rings (SSSR count). The predicted molar refractivity (Wildman–Crippen MR) is 74.1 cm³/mol. The second-order valence-electron chi connectivity index (χ2n) is 4.79. The molecule has 0 aliphatic carbocycles. The molecular weight excluding hydrogens is 240 g/mol. The molecule has 0 unspecified atom stereocenters. The van der Waals surface area contributed by atoms with Crippen LogP contribution >= 0.6 is 0 Å². The number of nitriles is 1. The van der Waals surface area contributed by atoms with E-state index in [9.17, 15) is 4.79 Å². The monoisotopic (exact) mass is 260 g/mol. The van der Waals surface area contributed by atoms with Crippen molar-refractivity contribution in [3.8, 4) is 11.8 Å². The fraction of sp³-hybridized carbons (Fsp3) is 0.467. The lowest BCUT2D eigenvalue weighted by molar-refractivity contribution is -0.120. The molecule has 0 aromatic heterocycles. The van der Waals surface area contributed by atoms with Gasteiger partial charge in [-0.05, 0) is 35.6 Å². The maximum absolute atomic E-state index is 11.7. The number of amides is 1. The van der Waals surface area contributed by atoms with E-state index in [1.807, 2.05) is 25.1 Å². The number of hydrogen-bond acceptors (Lipinski definition) is 3. The van der Waals surface area contributed by atoms with Gasteiger partial charge >= 0.3 is 0 Å². The first-order valence-electron chi connectivity index (χ1n) is 6.30. The largest absolute Gasteiger partial charge is 0.496 e. The molecule has 0 aliphatic heterocycles. The Morgan fingerprint density at radius 1 is 1.47 bits per heavy atom. The van der Waals surface area contributed by atoms with Crippen molar-refractivity contribution in [2.75, 3.05) is 13.7 Å². The van der Waals surface area contributed by atoms with Crippen LogP contribution in [0.2, 0.25) is 0 Å². The van der Waals surface area contributed by atoms with Gasteiger partial charge in [0.05, 0.1) is 19.6 Å². The zero-order valence-electron chi connectivity index (χ0n) is 11.9. The van der Waals surface area contributed by atoms with Crippen LogP contribution in [0.5, 0.6) is 5.75 Å². The lowest BCUT2D eigenvalue weighted by Crippen LogP contribution is -2.25. The third-order valence-corrected chi connectivity index (χ3v) is 3.03. The Morgan fingerprint density at radius 3 is 2.68 bits per heavy atom. The SMILES string of the molecule is COc1cc(C)c(CC(=O)NCC#N)cc1C(C)C. The summed E-state index contributed by atoms with van der Waals surface area (Å²) in [5, 5.41) is 11.0. The van der Waals surface area contributed by atoms with Crippen LogP contribution in [-0.4, -0.2) is 19.6 Å². The van der Waals surface area contributed by atoms with E-state index in [0.29, 0.717) is 5.92 Å². The topological polar surface area (TPSA) is 62.1 Å². The van der Waals surface area contributed by atoms with Gasteiger partial charge in [0, 0.05) is 0 Å². The number of nitrogens with one attached hydrogen (secondary N) is 1. The maximum atomic E-state index is 11.7. The molecule has 19 heavy (non-hydrogen) atoms. The second-order valence-corrected chi connectivity index (χ2v) is 4.79. The first-order valence-corrected chi connectivity index (χ1v) is 6.30. The van der Waals surface area contributed by atoms with Gasteiger partial charge in [0.2, 0.25) is 5.91 Å². The molecule has 1 aromatic carbocycles. The van der Waals surface area contributed by atoms with E-state index in [1.54, 1.807) is 7.11 Å². The number of methoxy groups -OCH3 is 1. The van der Waals surface area contributed by atoms with E-state index in [4.69, 9.17) is 10.00 Å². The van der Waals surface area contributed by atoms with Crippen LogP contribution in [0.1, 0.15) is 36.5 Å². The van der Waals surface area contributed by atoms with Gasteiger partial charge in [0.1, 0.15) is 12.3 Å². The van der Waals surface area contributed by atoms with E-state index >= 15 is 0 Å². The third kappa shape index (κ3) is 3.99. The number of rotatable bonds is 5. The lowest BCUT2D eigenvalue weighted by atomic mass is 9.95. The van der Waals surface area contributed by atoms with Gasteiger partial charge in [-0.25, -0.2) is 0 Å². The van der Waals surface area contributed by atoms with Crippen molar-refractivity contribution in [3.63, 3.8) is 0 Å². The van der Waals surface area contributed by atoms with Crippen LogP contribution in [0, 0.1) is 18.3 Å². The Morgan fingerprint density at radius 2 is 2.16 bits per heavy atom. The Labute approximate surface area is 114 Å². The van der Waals surface area contributed by atoms with Crippen LogP contribution < -0.4 is 10.1 Å². The first-order chi connectivity index (χ1) is 8.99. The fourth-order valence-electron chi connectivity index (χ4n) is 1.94. The molecule has 0 spiro atoms. The van der Waals surface area contributed by atoms with E-state index in [-0.39, 0.29) is 18.9 Å². The zero-order chi connectivity index (χ0) is 14.4. The summed E-state index contributed by atoms with van der Waals surface area (Å²) >= 11 is 0. The van der Waals surface area contributed by atoms with Crippen molar-refractivity contribution in [2.24, 2.45) is 0 Å². The normalized spacial score (nSPS) is 10.1.